The van der Waals surface area contributed by atoms with Crippen molar-refractivity contribution in [1.82, 2.24) is 0 Å². The maximum atomic E-state index is 9.85. The molecule has 0 heterocycles. The lowest BCUT2D eigenvalue weighted by Gasteiger charge is -2.03. The Hall–Kier alpha value is 1.94. The monoisotopic (exact) mass is 1410 g/mol. The minimum atomic E-state index is -4.55. The molecule has 468 valence electrons. The zero-order valence-corrected chi connectivity index (χ0v) is 49.9. The maximum absolute atomic E-state index is 9.85. The Morgan fingerprint density at radius 3 is 0.267 bits per heavy atom. The molecule has 0 unspecified atom stereocenters. The Morgan fingerprint density at radius 1 is 0.160 bits per heavy atom. The predicted molar refractivity (Wildman–Crippen MR) is 257 cm³/mol. The van der Waals surface area contributed by atoms with Crippen molar-refractivity contribution >= 4 is 106 Å². The molecule has 0 aliphatic carbocycles. The minimum Gasteiger partial charge on any atom is -0.330 e. The molecule has 0 spiro atoms. The summed E-state index contributed by atoms with van der Waals surface area (Å²) in [4.78, 5) is 223. The van der Waals surface area contributed by atoms with Gasteiger partial charge in [-0.2, -0.15) is 0 Å². The number of nitrogens with two attached hydrogens (primary N) is 4. The van der Waals surface area contributed by atoms with Crippen LogP contribution in [0.15, 0.2) is 0 Å². The second-order valence-electron chi connectivity index (χ2n) is 12.9. The molecule has 36 N–H and O–H groups in total. The largest absolute Gasteiger partial charge is 0.337 e. The van der Waals surface area contributed by atoms with E-state index < -0.39 is 148 Å². The third-order valence-electron chi connectivity index (χ3n) is 3.90. The number of hydrogen-bond donors (Lipinski definition) is 32. The van der Waals surface area contributed by atoms with Crippen LogP contribution in [0, 0.1) is 0 Å². The van der Waals surface area contributed by atoms with E-state index in [0.29, 0.717) is 13.1 Å². The lowest BCUT2D eigenvalue weighted by Crippen LogP contribution is -2.11. The maximum Gasteiger partial charge on any atom is 0.337 e. The van der Waals surface area contributed by atoms with Crippen LogP contribution >= 0.6 is 106 Å². The van der Waals surface area contributed by atoms with Crippen LogP contribution in [0.3, 0.4) is 0 Å². The van der Waals surface area contributed by atoms with Gasteiger partial charge in [0, 0.05) is 13.1 Å². The Labute approximate surface area is 422 Å². The van der Waals surface area contributed by atoms with E-state index in [1.54, 1.807) is 0 Å². The molecule has 0 fully saturated rings. The van der Waals surface area contributed by atoms with Gasteiger partial charge < -0.3 is 160 Å². The topological polar surface area (TPSA) is 910 Å². The van der Waals surface area contributed by atoms with E-state index in [1.165, 1.54) is 12.8 Å². The van der Waals surface area contributed by atoms with Crippen LogP contribution in [-0.2, 0) is 63.9 Å². The fourth-order valence-corrected chi connectivity index (χ4v) is 15.8. The molecular weight excluding hydrogens is 1340 g/mol. The van der Waals surface area contributed by atoms with Gasteiger partial charge in [0.15, 0.2) is 41.3 Å². The zero-order valence-electron chi connectivity index (χ0n) is 37.4. The van der Waals surface area contributed by atoms with Crippen molar-refractivity contribution in [3.63, 3.8) is 0 Å². The van der Waals surface area contributed by atoms with Gasteiger partial charge in [0.05, 0.1) is 0 Å². The number of rotatable bonds is 20. The van der Waals surface area contributed by atoms with Gasteiger partial charge in [0.1, 0.15) is 0 Å². The normalized spacial score (nSPS) is 13.0. The Morgan fingerprint density at radius 2 is 0.240 bits per heavy atom. The first-order valence-electron chi connectivity index (χ1n) is 17.2. The van der Waals surface area contributed by atoms with E-state index in [9.17, 15) is 63.9 Å². The molecule has 0 amide bonds. The van der Waals surface area contributed by atoms with E-state index in [-0.39, 0.29) is 0 Å². The highest BCUT2D eigenvalue weighted by molar-refractivity contribution is 7.72. The van der Waals surface area contributed by atoms with Crippen molar-refractivity contribution in [2.45, 2.75) is 25.7 Å². The summed E-state index contributed by atoms with van der Waals surface area (Å²) in [5.74, 6) is -9.62. The molecular formula is C15H66N4O42P14. The average Bonchev–Trinajstić information content (AvgIpc) is 2.93. The highest BCUT2D eigenvalue weighted by Crippen LogP contribution is 2.55. The second-order valence-corrected chi connectivity index (χ2v) is 39.4. The Balaban J connectivity index is -0.0000000938. The third-order valence-corrected chi connectivity index (χ3v) is 24.5. The van der Waals surface area contributed by atoms with E-state index in [4.69, 9.17) is 160 Å². The van der Waals surface area contributed by atoms with Crippen molar-refractivity contribution in [2.24, 2.45) is 22.9 Å². The van der Waals surface area contributed by atoms with Crippen molar-refractivity contribution in [2.75, 3.05) is 67.5 Å². The SMILES string of the molecule is NCCCCCCN.NCCN.O=P(O)(O)CP(=O)(O)O.O=P(O)(O)CP(=O)(O)O.O=P(O)(O)CP(=O)(O)O.O=P(O)(O)CP(=O)(O)O.O=P(O)(O)CP(=O)(O)O.O=P(O)(O)CP(=O)(O)O.O=P(O)(O)CP(=O)(O)O. The quantitative estimate of drug-likeness (QED) is 0.0399. The van der Waals surface area contributed by atoms with Crippen molar-refractivity contribution in [1.29, 1.82) is 0 Å². The summed E-state index contributed by atoms with van der Waals surface area (Å²) in [5.41, 5.74) is 20.4. The minimum absolute atomic E-state index is 0.597. The number of unbranched alkanes of at least 4 members (excludes halogenated alkanes) is 3. The summed E-state index contributed by atoms with van der Waals surface area (Å²) in [6.45, 7) is 2.84. The summed E-state index contributed by atoms with van der Waals surface area (Å²) in [5, 5.41) is 0. The van der Waals surface area contributed by atoms with Crippen LogP contribution in [0.4, 0.5) is 0 Å². The lowest BCUT2D eigenvalue weighted by atomic mass is 10.2. The van der Waals surface area contributed by atoms with Crippen LogP contribution in [0.25, 0.3) is 0 Å². The van der Waals surface area contributed by atoms with Gasteiger partial charge in [0.25, 0.3) is 0 Å². The second kappa shape index (κ2) is 41.9. The van der Waals surface area contributed by atoms with Crippen LogP contribution in [-0.4, -0.2) is 205 Å². The molecule has 46 nitrogen and oxygen atoms in total. The van der Waals surface area contributed by atoms with Crippen LogP contribution in [0.2, 0.25) is 0 Å². The van der Waals surface area contributed by atoms with Crippen molar-refractivity contribution < 1.29 is 201 Å². The fourth-order valence-electron chi connectivity index (χ4n) is 2.32. The Bertz CT molecular complexity index is 1650. The van der Waals surface area contributed by atoms with Crippen LogP contribution in [0.5, 0.6) is 0 Å². The van der Waals surface area contributed by atoms with E-state index in [1.807, 2.05) is 0 Å². The van der Waals surface area contributed by atoms with Crippen molar-refractivity contribution in [3.05, 3.63) is 0 Å². The van der Waals surface area contributed by atoms with Crippen molar-refractivity contribution in [3.8, 4) is 0 Å². The highest BCUT2D eigenvalue weighted by Gasteiger charge is 2.31. The molecule has 0 bridgehead atoms. The van der Waals surface area contributed by atoms with Gasteiger partial charge in [-0.3, -0.25) is 63.9 Å². The van der Waals surface area contributed by atoms with E-state index in [2.05, 4.69) is 0 Å². The van der Waals surface area contributed by atoms with Gasteiger partial charge >= 0.3 is 106 Å². The summed E-state index contributed by atoms with van der Waals surface area (Å²) in [7, 11) is -63.7. The van der Waals surface area contributed by atoms with Gasteiger partial charge in [-0.05, 0) is 25.9 Å². The fraction of sp³-hybridized carbons (Fsp3) is 1.00. The molecule has 0 aliphatic heterocycles. The molecule has 0 aromatic rings. The summed E-state index contributed by atoms with van der Waals surface area (Å²) < 4.78 is 138. The predicted octanol–water partition coefficient (Wildman–Crippen LogP) is -5.54. The smallest absolute Gasteiger partial charge is 0.330 e. The number of hydrogen-bond acceptors (Lipinski definition) is 18. The van der Waals surface area contributed by atoms with Gasteiger partial charge in [-0.1, -0.05) is 12.8 Å². The molecule has 0 saturated carbocycles. The van der Waals surface area contributed by atoms with E-state index >= 15 is 0 Å². The zero-order chi connectivity index (χ0) is 63.6. The molecule has 0 aromatic heterocycles. The van der Waals surface area contributed by atoms with Crippen LogP contribution in [0.1, 0.15) is 25.7 Å². The Kier molecular flexibility index (Phi) is 53.6. The molecule has 60 heteroatoms. The first kappa shape index (κ1) is 96.1. The summed E-state index contributed by atoms with van der Waals surface area (Å²) in [6, 6.07) is 0. The lowest BCUT2D eigenvalue weighted by molar-refractivity contribution is 0.352. The van der Waals surface area contributed by atoms with Crippen LogP contribution < -0.4 is 22.9 Å². The van der Waals surface area contributed by atoms with Gasteiger partial charge in [-0.25, -0.2) is 0 Å². The molecule has 75 heavy (non-hydrogen) atoms. The first-order chi connectivity index (χ1) is 31.8. The third kappa shape index (κ3) is 166. The van der Waals surface area contributed by atoms with Gasteiger partial charge in [-0.15, -0.1) is 0 Å². The molecule has 0 radical (unpaired) electrons. The molecule has 0 saturated heterocycles. The summed E-state index contributed by atoms with van der Waals surface area (Å²) >= 11 is 0. The average molecular weight is 1410 g/mol. The standard InChI is InChI=1S/C6H16N2.C2H8N2.7CH6O6P2/c7-5-3-1-2-4-6-8;3-1-2-4;7*2-8(3,4)1-9(5,6)7/h1-8H2;1-4H2;7*1H2,(H2,2,3,4)(H2,5,6,7). The highest BCUT2D eigenvalue weighted by atomic mass is 31.3. The molecule has 0 rings (SSSR count). The molecule has 0 aliphatic rings. The molecule has 0 atom stereocenters. The van der Waals surface area contributed by atoms with E-state index in [0.717, 1.165) is 25.9 Å². The molecule has 0 aromatic carbocycles. The first-order valence-corrected chi connectivity index (χ1v) is 42.4. The van der Waals surface area contributed by atoms with Gasteiger partial charge in [0.2, 0.25) is 0 Å². The summed E-state index contributed by atoms with van der Waals surface area (Å²) in [6.07, 6.45) is 4.79.